The number of aryl methyl sites for hydroxylation is 1. The maximum absolute atomic E-state index is 12.6. The Hall–Kier alpha value is -2.97. The van der Waals surface area contributed by atoms with E-state index in [1.807, 2.05) is 31.2 Å². The molecule has 0 saturated carbocycles. The number of nitrogens with one attached hydrogen (secondary N) is 2. The number of anilines is 1. The Kier molecular flexibility index (Phi) is 5.91. The van der Waals surface area contributed by atoms with Crippen LogP contribution in [0, 0.1) is 6.92 Å². The van der Waals surface area contributed by atoms with Crippen LogP contribution in [-0.4, -0.2) is 20.0 Å². The minimum atomic E-state index is -3.75. The van der Waals surface area contributed by atoms with Gasteiger partial charge in [0.15, 0.2) is 0 Å². The molecule has 0 saturated heterocycles. The molecule has 0 spiro atoms. The van der Waals surface area contributed by atoms with E-state index in [-0.39, 0.29) is 15.5 Å². The molecule has 144 valence electrons. The van der Waals surface area contributed by atoms with E-state index in [0.717, 1.165) is 22.5 Å². The summed E-state index contributed by atoms with van der Waals surface area (Å²) < 4.78 is 27.6. The lowest BCUT2D eigenvalue weighted by molar-refractivity contribution is 0.0955. The number of hydrogen-bond acceptors (Lipinski definition) is 5. The minimum absolute atomic E-state index is 0.177. The summed E-state index contributed by atoms with van der Waals surface area (Å²) in [6, 6.07) is 17.3. The van der Waals surface area contributed by atoms with E-state index in [2.05, 4.69) is 15.2 Å². The van der Waals surface area contributed by atoms with Crippen molar-refractivity contribution in [3.05, 3.63) is 82.7 Å². The van der Waals surface area contributed by atoms with Crippen molar-refractivity contribution in [1.82, 2.24) is 5.43 Å². The van der Waals surface area contributed by atoms with Gasteiger partial charge in [0.25, 0.3) is 15.9 Å². The standard InChI is InChI=1S/C20H19N3O3S2/c1-14-9-11-16(12-10-14)15(2)21-22-20(24)17-6-3-4-7-18(17)23-28(25,26)19-8-5-13-27-19/h3-13,23H,1-2H3,(H,22,24)/b21-15-. The minimum Gasteiger partial charge on any atom is -0.278 e. The molecule has 0 radical (unpaired) electrons. The van der Waals surface area contributed by atoms with Crippen LogP contribution in [0.1, 0.15) is 28.4 Å². The zero-order chi connectivity index (χ0) is 20.1. The molecule has 2 N–H and O–H groups in total. The quantitative estimate of drug-likeness (QED) is 0.473. The molecule has 8 heteroatoms. The Morgan fingerprint density at radius 3 is 2.39 bits per heavy atom. The molecule has 6 nitrogen and oxygen atoms in total. The first-order chi connectivity index (χ1) is 13.4. The Balaban J connectivity index is 1.79. The summed E-state index contributed by atoms with van der Waals surface area (Å²) in [6.45, 7) is 3.78. The molecule has 0 unspecified atom stereocenters. The topological polar surface area (TPSA) is 87.6 Å². The molecule has 2 aromatic carbocycles. The first kappa shape index (κ1) is 19.8. The van der Waals surface area contributed by atoms with E-state index in [1.165, 1.54) is 12.1 Å². The summed E-state index contributed by atoms with van der Waals surface area (Å²) in [5.41, 5.74) is 5.53. The number of para-hydroxylation sites is 1. The van der Waals surface area contributed by atoms with Gasteiger partial charge in [0.2, 0.25) is 0 Å². The van der Waals surface area contributed by atoms with Gasteiger partial charge in [-0.25, -0.2) is 13.8 Å². The van der Waals surface area contributed by atoms with Crippen molar-refractivity contribution in [2.24, 2.45) is 5.10 Å². The van der Waals surface area contributed by atoms with E-state index in [4.69, 9.17) is 0 Å². The van der Waals surface area contributed by atoms with E-state index in [9.17, 15) is 13.2 Å². The smallest absolute Gasteiger partial charge is 0.273 e. The normalized spacial score (nSPS) is 11.9. The predicted octanol–water partition coefficient (Wildman–Crippen LogP) is 4.01. The molecule has 0 bridgehead atoms. The van der Waals surface area contributed by atoms with Crippen molar-refractivity contribution < 1.29 is 13.2 Å². The monoisotopic (exact) mass is 413 g/mol. The number of carbonyl (C=O) groups excluding carboxylic acids is 1. The predicted molar refractivity (Wildman–Crippen MR) is 112 cm³/mol. The molecule has 3 aromatic rings. The molecule has 0 atom stereocenters. The Morgan fingerprint density at radius 1 is 1.00 bits per heavy atom. The molecule has 28 heavy (non-hydrogen) atoms. The highest BCUT2D eigenvalue weighted by Gasteiger charge is 2.19. The fourth-order valence-electron chi connectivity index (χ4n) is 2.44. The SMILES string of the molecule is C/C(=N/NC(=O)c1ccccc1NS(=O)(=O)c1cccs1)c1ccc(C)cc1. The zero-order valence-electron chi connectivity index (χ0n) is 15.3. The molecule has 0 aliphatic rings. The van der Waals surface area contributed by atoms with Crippen LogP contribution >= 0.6 is 11.3 Å². The number of hydrogen-bond donors (Lipinski definition) is 2. The summed E-state index contributed by atoms with van der Waals surface area (Å²) in [4.78, 5) is 12.6. The number of carbonyl (C=O) groups is 1. The average molecular weight is 414 g/mol. The summed E-state index contributed by atoms with van der Waals surface area (Å²) in [5, 5.41) is 5.81. The fourth-order valence-corrected chi connectivity index (χ4v) is 4.51. The lowest BCUT2D eigenvalue weighted by Crippen LogP contribution is -2.22. The Labute approximate surface area is 168 Å². The highest BCUT2D eigenvalue weighted by molar-refractivity contribution is 7.94. The van der Waals surface area contributed by atoms with Gasteiger partial charge in [-0.3, -0.25) is 9.52 Å². The van der Waals surface area contributed by atoms with Gasteiger partial charge in [-0.1, -0.05) is 48.0 Å². The van der Waals surface area contributed by atoms with Crippen LogP contribution in [0.4, 0.5) is 5.69 Å². The molecule has 1 amide bonds. The van der Waals surface area contributed by atoms with E-state index in [0.29, 0.717) is 5.71 Å². The summed E-state index contributed by atoms with van der Waals surface area (Å²) >= 11 is 1.10. The van der Waals surface area contributed by atoms with Gasteiger partial charge in [0.1, 0.15) is 4.21 Å². The summed E-state index contributed by atoms with van der Waals surface area (Å²) in [6.07, 6.45) is 0. The first-order valence-electron chi connectivity index (χ1n) is 8.44. The number of rotatable bonds is 6. The number of hydrazone groups is 1. The Bertz CT molecular complexity index is 1100. The highest BCUT2D eigenvalue weighted by Crippen LogP contribution is 2.22. The molecule has 1 heterocycles. The fraction of sp³-hybridized carbons (Fsp3) is 0.100. The third-order valence-electron chi connectivity index (χ3n) is 3.97. The number of amides is 1. The Morgan fingerprint density at radius 2 is 1.71 bits per heavy atom. The van der Waals surface area contributed by atoms with Crippen LogP contribution in [0.3, 0.4) is 0 Å². The lowest BCUT2D eigenvalue weighted by atomic mass is 10.1. The molecular weight excluding hydrogens is 394 g/mol. The van der Waals surface area contributed by atoms with Crippen molar-refractivity contribution in [2.75, 3.05) is 4.72 Å². The summed E-state index contributed by atoms with van der Waals surface area (Å²) in [7, 11) is -3.75. The molecule has 0 fully saturated rings. The van der Waals surface area contributed by atoms with E-state index >= 15 is 0 Å². The second-order valence-electron chi connectivity index (χ2n) is 6.09. The maximum Gasteiger partial charge on any atom is 0.273 e. The summed E-state index contributed by atoms with van der Waals surface area (Å²) in [5.74, 6) is -0.504. The van der Waals surface area contributed by atoms with Crippen molar-refractivity contribution >= 4 is 38.7 Å². The van der Waals surface area contributed by atoms with E-state index in [1.54, 1.807) is 36.6 Å². The van der Waals surface area contributed by atoms with Crippen LogP contribution in [-0.2, 0) is 10.0 Å². The zero-order valence-corrected chi connectivity index (χ0v) is 17.0. The molecule has 1 aromatic heterocycles. The second kappa shape index (κ2) is 8.37. The van der Waals surface area contributed by atoms with Gasteiger partial charge in [-0.2, -0.15) is 5.10 Å². The van der Waals surface area contributed by atoms with Crippen LogP contribution < -0.4 is 10.1 Å². The maximum atomic E-state index is 12.6. The highest BCUT2D eigenvalue weighted by atomic mass is 32.2. The first-order valence-corrected chi connectivity index (χ1v) is 10.8. The van der Waals surface area contributed by atoms with Crippen molar-refractivity contribution in [2.45, 2.75) is 18.1 Å². The van der Waals surface area contributed by atoms with Crippen LogP contribution in [0.5, 0.6) is 0 Å². The van der Waals surface area contributed by atoms with Crippen LogP contribution in [0.2, 0.25) is 0 Å². The third kappa shape index (κ3) is 4.65. The van der Waals surface area contributed by atoms with Crippen molar-refractivity contribution in [3.63, 3.8) is 0 Å². The van der Waals surface area contributed by atoms with Gasteiger partial charge in [0, 0.05) is 0 Å². The average Bonchev–Trinajstić information content (AvgIpc) is 3.22. The lowest BCUT2D eigenvalue weighted by Gasteiger charge is -2.11. The van der Waals surface area contributed by atoms with Gasteiger partial charge < -0.3 is 0 Å². The van der Waals surface area contributed by atoms with Gasteiger partial charge >= 0.3 is 0 Å². The van der Waals surface area contributed by atoms with E-state index < -0.39 is 15.9 Å². The van der Waals surface area contributed by atoms with Crippen molar-refractivity contribution in [3.8, 4) is 0 Å². The van der Waals surface area contributed by atoms with Gasteiger partial charge in [0.05, 0.1) is 17.0 Å². The molecule has 3 rings (SSSR count). The van der Waals surface area contributed by atoms with Crippen LogP contribution in [0.15, 0.2) is 75.4 Å². The number of thiophene rings is 1. The third-order valence-corrected chi connectivity index (χ3v) is 6.73. The number of nitrogens with zero attached hydrogens (tertiary/aromatic N) is 1. The molecule has 0 aliphatic heterocycles. The number of benzene rings is 2. The van der Waals surface area contributed by atoms with Gasteiger partial charge in [-0.15, -0.1) is 11.3 Å². The largest absolute Gasteiger partial charge is 0.278 e. The van der Waals surface area contributed by atoms with Gasteiger partial charge in [-0.05, 0) is 43.0 Å². The molecular formula is C20H19N3O3S2. The van der Waals surface area contributed by atoms with Crippen LogP contribution in [0.25, 0.3) is 0 Å². The number of sulfonamides is 1. The second-order valence-corrected chi connectivity index (χ2v) is 8.94. The molecule has 0 aliphatic carbocycles. The van der Waals surface area contributed by atoms with Crippen molar-refractivity contribution in [1.29, 1.82) is 0 Å².